The molecule has 6 nitrogen and oxygen atoms in total. The molecule has 0 aliphatic carbocycles. The van der Waals surface area contributed by atoms with Crippen LogP contribution >= 0.6 is 24.4 Å². The number of hydrogen-bond donors (Lipinski definition) is 0. The molecule has 20 heavy (non-hydrogen) atoms. The first-order valence-electron chi connectivity index (χ1n) is 6.74. The second-order valence-electron chi connectivity index (χ2n) is 4.74. The van der Waals surface area contributed by atoms with Crippen LogP contribution in [-0.4, -0.2) is 82.9 Å². The Labute approximate surface area is 131 Å². The fraction of sp³-hybridized carbons (Fsp3) is 0.833. The summed E-state index contributed by atoms with van der Waals surface area (Å²) >= 11 is 11.2. The fourth-order valence-electron chi connectivity index (χ4n) is 2.95. The summed E-state index contributed by atoms with van der Waals surface area (Å²) in [5.41, 5.74) is 0. The summed E-state index contributed by atoms with van der Waals surface area (Å²) in [6, 6.07) is 0. The van der Waals surface area contributed by atoms with Gasteiger partial charge in [0.2, 0.25) is 0 Å². The Hall–Kier alpha value is -0.700. The molecule has 0 spiro atoms. The van der Waals surface area contributed by atoms with Gasteiger partial charge in [0.05, 0.1) is 0 Å². The summed E-state index contributed by atoms with van der Waals surface area (Å²) in [5, 5.41) is 1.62. The molecule has 114 valence electrons. The highest BCUT2D eigenvalue weighted by Crippen LogP contribution is 2.34. The molecular weight excluding hydrogens is 296 g/mol. The van der Waals surface area contributed by atoms with Gasteiger partial charge in [-0.25, -0.2) is 0 Å². The van der Waals surface area contributed by atoms with E-state index in [1.54, 1.807) is 14.2 Å². The first kappa shape index (κ1) is 15.7. The van der Waals surface area contributed by atoms with Crippen LogP contribution in [0.1, 0.15) is 13.8 Å². The van der Waals surface area contributed by atoms with Gasteiger partial charge < -0.3 is 29.1 Å². The summed E-state index contributed by atoms with van der Waals surface area (Å²) in [7, 11) is 3.36. The number of nitrogens with zero attached hydrogens (tertiary/aromatic N) is 4. The van der Waals surface area contributed by atoms with Crippen molar-refractivity contribution in [2.24, 2.45) is 0 Å². The van der Waals surface area contributed by atoms with Crippen molar-refractivity contribution in [1.29, 1.82) is 0 Å². The van der Waals surface area contributed by atoms with E-state index in [-0.39, 0.29) is 12.3 Å². The van der Waals surface area contributed by atoms with Gasteiger partial charge in [0.25, 0.3) is 0 Å². The minimum atomic E-state index is 0.0926. The zero-order chi connectivity index (χ0) is 14.9. The maximum absolute atomic E-state index is 5.60. The van der Waals surface area contributed by atoms with E-state index in [9.17, 15) is 0 Å². The summed E-state index contributed by atoms with van der Waals surface area (Å²) in [6.45, 7) is 6.82. The number of ether oxygens (including phenoxy) is 2. The van der Waals surface area contributed by atoms with Crippen molar-refractivity contribution in [2.75, 3.05) is 40.8 Å². The normalized spacial score (nSPS) is 26.0. The lowest BCUT2D eigenvalue weighted by Gasteiger charge is -2.31. The lowest BCUT2D eigenvalue weighted by molar-refractivity contribution is 0.0300. The van der Waals surface area contributed by atoms with Gasteiger partial charge in [-0.05, 0) is 38.3 Å². The molecule has 2 fully saturated rings. The highest BCUT2D eigenvalue weighted by atomic mass is 32.1. The van der Waals surface area contributed by atoms with Crippen LogP contribution < -0.4 is 0 Å². The summed E-state index contributed by atoms with van der Waals surface area (Å²) in [5.74, 6) is 0. The second kappa shape index (κ2) is 6.38. The van der Waals surface area contributed by atoms with Crippen LogP contribution in [0.25, 0.3) is 0 Å². The molecule has 2 rings (SSSR count). The molecule has 0 saturated carbocycles. The summed E-state index contributed by atoms with van der Waals surface area (Å²) in [6.07, 6.45) is 0.185. The maximum Gasteiger partial charge on any atom is 0.178 e. The van der Waals surface area contributed by atoms with Crippen molar-refractivity contribution >= 4 is 34.7 Å². The van der Waals surface area contributed by atoms with Gasteiger partial charge in [0, 0.05) is 27.3 Å². The quantitative estimate of drug-likeness (QED) is 0.662. The Morgan fingerprint density at radius 1 is 0.800 bits per heavy atom. The van der Waals surface area contributed by atoms with Gasteiger partial charge in [-0.3, -0.25) is 0 Å². The van der Waals surface area contributed by atoms with E-state index in [1.807, 2.05) is 0 Å². The van der Waals surface area contributed by atoms with Gasteiger partial charge in [0.1, 0.15) is 25.8 Å². The molecule has 0 N–H and O–H groups in total. The molecule has 2 aliphatic rings. The molecule has 2 heterocycles. The number of thiocarbonyl (C=S) groups is 2. The Kier molecular flexibility index (Phi) is 5.00. The van der Waals surface area contributed by atoms with Crippen LogP contribution in [0, 0.1) is 0 Å². The van der Waals surface area contributed by atoms with Crippen molar-refractivity contribution in [2.45, 2.75) is 26.2 Å². The minimum Gasteiger partial charge on any atom is -0.364 e. The van der Waals surface area contributed by atoms with E-state index in [2.05, 4.69) is 33.4 Å². The Morgan fingerprint density at radius 2 is 1.15 bits per heavy atom. The molecule has 2 unspecified atom stereocenters. The standard InChI is InChI=1S/C12H22N4O2S2/c1-5-13-9-10(14(6-2)11(13)19)16(8-18-4)12(20)15(9)7-17-3/h9-10H,5-8H2,1-4H3. The largest absolute Gasteiger partial charge is 0.364 e. The third-order valence-electron chi connectivity index (χ3n) is 3.74. The summed E-state index contributed by atoms with van der Waals surface area (Å²) < 4.78 is 10.6. The van der Waals surface area contributed by atoms with Crippen LogP contribution in [-0.2, 0) is 9.47 Å². The van der Waals surface area contributed by atoms with E-state index in [1.165, 1.54) is 0 Å². The molecule has 0 aromatic rings. The topological polar surface area (TPSA) is 31.4 Å². The van der Waals surface area contributed by atoms with E-state index in [0.29, 0.717) is 13.5 Å². The molecule has 0 amide bonds. The second-order valence-corrected chi connectivity index (χ2v) is 5.47. The lowest BCUT2D eigenvalue weighted by atomic mass is 10.3. The molecule has 0 bridgehead atoms. The predicted molar refractivity (Wildman–Crippen MR) is 85.0 cm³/mol. The van der Waals surface area contributed by atoms with Crippen LogP contribution in [0.3, 0.4) is 0 Å². The molecular formula is C12H22N4O2S2. The van der Waals surface area contributed by atoms with Crippen molar-refractivity contribution in [3.63, 3.8) is 0 Å². The molecule has 8 heteroatoms. The average molecular weight is 318 g/mol. The molecule has 0 radical (unpaired) electrons. The van der Waals surface area contributed by atoms with Crippen LogP contribution in [0.2, 0.25) is 0 Å². The van der Waals surface area contributed by atoms with Crippen LogP contribution in [0.4, 0.5) is 0 Å². The van der Waals surface area contributed by atoms with Gasteiger partial charge in [-0.1, -0.05) is 0 Å². The first-order valence-corrected chi connectivity index (χ1v) is 7.56. The highest BCUT2D eigenvalue weighted by molar-refractivity contribution is 7.80. The minimum absolute atomic E-state index is 0.0926. The van der Waals surface area contributed by atoms with Gasteiger partial charge >= 0.3 is 0 Å². The van der Waals surface area contributed by atoms with Gasteiger partial charge in [-0.15, -0.1) is 0 Å². The third kappa shape index (κ3) is 2.24. The number of rotatable bonds is 6. The smallest absolute Gasteiger partial charge is 0.178 e. The molecule has 0 aromatic heterocycles. The molecule has 2 atom stereocenters. The Bertz CT molecular complexity index is 364. The van der Waals surface area contributed by atoms with Crippen LogP contribution in [0.5, 0.6) is 0 Å². The monoisotopic (exact) mass is 318 g/mol. The number of hydrogen-bond acceptors (Lipinski definition) is 4. The van der Waals surface area contributed by atoms with Gasteiger partial charge in [0.15, 0.2) is 10.2 Å². The Balaban J connectivity index is 2.37. The zero-order valence-electron chi connectivity index (χ0n) is 12.4. The van der Waals surface area contributed by atoms with Crippen LogP contribution in [0.15, 0.2) is 0 Å². The van der Waals surface area contributed by atoms with Crippen molar-refractivity contribution in [1.82, 2.24) is 19.6 Å². The fourth-order valence-corrected chi connectivity index (χ4v) is 3.74. The van der Waals surface area contributed by atoms with Crippen molar-refractivity contribution in [3.05, 3.63) is 0 Å². The van der Waals surface area contributed by atoms with Gasteiger partial charge in [-0.2, -0.15) is 0 Å². The number of methoxy groups -OCH3 is 2. The average Bonchev–Trinajstić information content (AvgIpc) is 2.85. The molecule has 2 saturated heterocycles. The summed E-state index contributed by atoms with van der Waals surface area (Å²) in [4.78, 5) is 8.55. The predicted octanol–water partition coefficient (Wildman–Crippen LogP) is 0.691. The lowest BCUT2D eigenvalue weighted by Crippen LogP contribution is -2.47. The van der Waals surface area contributed by atoms with E-state index in [0.717, 1.165) is 23.3 Å². The maximum atomic E-state index is 5.60. The highest BCUT2D eigenvalue weighted by Gasteiger charge is 2.55. The number of likely N-dealkylation sites (N-methyl/N-ethyl adjacent to an activating group) is 2. The molecule has 2 aliphatic heterocycles. The van der Waals surface area contributed by atoms with Crippen molar-refractivity contribution < 1.29 is 9.47 Å². The first-order chi connectivity index (χ1) is 9.62. The third-order valence-corrected chi connectivity index (χ3v) is 4.68. The SMILES string of the molecule is CCN1C(=S)N(CC)C2C1N(COC)C(=S)N2COC. The number of fused-ring (bicyclic) bond motifs is 1. The zero-order valence-corrected chi connectivity index (χ0v) is 14.0. The van der Waals surface area contributed by atoms with E-state index >= 15 is 0 Å². The Morgan fingerprint density at radius 3 is 1.45 bits per heavy atom. The van der Waals surface area contributed by atoms with Crippen molar-refractivity contribution in [3.8, 4) is 0 Å². The van der Waals surface area contributed by atoms with E-state index in [4.69, 9.17) is 33.9 Å². The molecule has 0 aromatic carbocycles. The van der Waals surface area contributed by atoms with E-state index < -0.39 is 0 Å².